The summed E-state index contributed by atoms with van der Waals surface area (Å²) in [4.78, 5) is 42.0. The Hall–Kier alpha value is -4.57. The molecule has 1 aliphatic heterocycles. The Bertz CT molecular complexity index is 1710. The van der Waals surface area contributed by atoms with Gasteiger partial charge in [-0.15, -0.1) is 0 Å². The summed E-state index contributed by atoms with van der Waals surface area (Å²) in [7, 11) is 0. The fourth-order valence-corrected chi connectivity index (χ4v) is 5.23. The first-order valence-corrected chi connectivity index (χ1v) is 12.3. The molecule has 0 fully saturated rings. The monoisotopic (exact) mass is 515 g/mol. The van der Waals surface area contributed by atoms with Crippen molar-refractivity contribution in [1.82, 2.24) is 4.57 Å². The van der Waals surface area contributed by atoms with Gasteiger partial charge in [0.25, 0.3) is 11.2 Å². The molecule has 0 aliphatic carbocycles. The zero-order valence-corrected chi connectivity index (χ0v) is 20.7. The molecule has 0 amide bonds. The molecule has 0 saturated heterocycles. The number of thiazole rings is 1. The maximum Gasteiger partial charge on any atom is 0.338 e. The molecule has 37 heavy (non-hydrogen) atoms. The Kier molecular flexibility index (Phi) is 6.41. The summed E-state index contributed by atoms with van der Waals surface area (Å²) in [6.07, 6.45) is 1.63. The molecule has 0 radical (unpaired) electrons. The third-order valence-corrected chi connectivity index (χ3v) is 6.88. The van der Waals surface area contributed by atoms with Crippen LogP contribution in [0.1, 0.15) is 31.2 Å². The molecule has 186 valence electrons. The van der Waals surface area contributed by atoms with Gasteiger partial charge in [0, 0.05) is 23.8 Å². The highest BCUT2D eigenvalue weighted by atomic mass is 32.1. The molecular weight excluding hydrogens is 494 g/mol. The molecular formula is C27H21N3O6S. The number of rotatable bonds is 6. The number of ether oxygens (including phenoxy) is 1. The normalized spacial score (nSPS) is 15.3. The summed E-state index contributed by atoms with van der Waals surface area (Å²) in [5.41, 5.74) is 1.95. The highest BCUT2D eigenvalue weighted by molar-refractivity contribution is 7.07. The van der Waals surface area contributed by atoms with E-state index in [9.17, 15) is 19.7 Å². The first-order valence-electron chi connectivity index (χ1n) is 11.5. The molecule has 2 aromatic heterocycles. The fraction of sp³-hybridized carbons (Fsp3) is 0.148. The van der Waals surface area contributed by atoms with Gasteiger partial charge < -0.3 is 9.15 Å². The van der Waals surface area contributed by atoms with Gasteiger partial charge in [-0.05, 0) is 43.7 Å². The van der Waals surface area contributed by atoms with E-state index in [1.807, 2.05) is 30.3 Å². The highest BCUT2D eigenvalue weighted by Gasteiger charge is 2.33. The summed E-state index contributed by atoms with van der Waals surface area (Å²) in [5.74, 6) is 0.443. The van der Waals surface area contributed by atoms with Crippen molar-refractivity contribution in [3.8, 4) is 11.3 Å². The number of carbonyl (C=O) groups excluding carboxylic acids is 1. The average Bonchev–Trinajstić information content (AvgIpc) is 3.48. The molecule has 1 aliphatic rings. The van der Waals surface area contributed by atoms with Crippen molar-refractivity contribution in [2.24, 2.45) is 4.99 Å². The van der Waals surface area contributed by atoms with Crippen molar-refractivity contribution in [2.45, 2.75) is 19.9 Å². The number of esters is 1. The van der Waals surface area contributed by atoms with Gasteiger partial charge in [-0.2, -0.15) is 0 Å². The number of benzene rings is 2. The zero-order chi connectivity index (χ0) is 26.1. The van der Waals surface area contributed by atoms with Crippen molar-refractivity contribution in [3.05, 3.63) is 119 Å². The number of aromatic nitrogens is 1. The summed E-state index contributed by atoms with van der Waals surface area (Å²) in [5, 5.41) is 10.9. The maximum atomic E-state index is 13.6. The van der Waals surface area contributed by atoms with Crippen LogP contribution in [0.4, 0.5) is 5.69 Å². The predicted octanol–water partition coefficient (Wildman–Crippen LogP) is 3.97. The van der Waals surface area contributed by atoms with Crippen LogP contribution in [-0.2, 0) is 9.53 Å². The second-order valence-corrected chi connectivity index (χ2v) is 9.23. The number of nitrogens with zero attached hydrogens (tertiary/aromatic N) is 3. The Balaban J connectivity index is 1.59. The second-order valence-electron chi connectivity index (χ2n) is 8.22. The highest BCUT2D eigenvalue weighted by Crippen LogP contribution is 2.30. The van der Waals surface area contributed by atoms with Crippen LogP contribution in [0.15, 0.2) is 92.2 Å². The van der Waals surface area contributed by atoms with E-state index in [1.54, 1.807) is 44.2 Å². The van der Waals surface area contributed by atoms with Gasteiger partial charge >= 0.3 is 5.97 Å². The lowest BCUT2D eigenvalue weighted by Crippen LogP contribution is -2.39. The number of fused-ring (bicyclic) bond motifs is 1. The van der Waals surface area contributed by atoms with Crippen LogP contribution < -0.4 is 14.9 Å². The molecule has 9 nitrogen and oxygen atoms in total. The van der Waals surface area contributed by atoms with E-state index in [-0.39, 0.29) is 17.9 Å². The van der Waals surface area contributed by atoms with Crippen LogP contribution in [0, 0.1) is 10.1 Å². The SMILES string of the molecule is CCOC(=O)C1=C(C)N=c2s/c(=C\c3ccc(-c4ccc([N+](=O)[O-])cc4)o3)c(=O)n2[C@H]1c1ccccc1. The van der Waals surface area contributed by atoms with Crippen LogP contribution in [0.25, 0.3) is 17.4 Å². The van der Waals surface area contributed by atoms with Crippen LogP contribution in [0.2, 0.25) is 0 Å². The van der Waals surface area contributed by atoms with Crippen LogP contribution in [0.5, 0.6) is 0 Å². The van der Waals surface area contributed by atoms with Crippen molar-refractivity contribution < 1.29 is 18.9 Å². The van der Waals surface area contributed by atoms with Gasteiger partial charge in [-0.25, -0.2) is 9.79 Å². The number of nitro benzene ring substituents is 1. The first-order chi connectivity index (χ1) is 17.9. The fourth-order valence-electron chi connectivity index (χ4n) is 4.20. The summed E-state index contributed by atoms with van der Waals surface area (Å²) < 4.78 is 13.1. The molecule has 0 unspecified atom stereocenters. The largest absolute Gasteiger partial charge is 0.463 e. The lowest BCUT2D eigenvalue weighted by Gasteiger charge is -2.24. The number of nitro groups is 1. The predicted molar refractivity (Wildman–Crippen MR) is 138 cm³/mol. The number of furan rings is 1. The maximum absolute atomic E-state index is 13.6. The van der Waals surface area contributed by atoms with Gasteiger partial charge in [0.1, 0.15) is 11.5 Å². The second kappa shape index (κ2) is 9.82. The smallest absolute Gasteiger partial charge is 0.338 e. The van der Waals surface area contributed by atoms with E-state index in [2.05, 4.69) is 4.99 Å². The van der Waals surface area contributed by atoms with Gasteiger partial charge in [-0.1, -0.05) is 41.7 Å². The number of hydrogen-bond acceptors (Lipinski definition) is 8. The van der Waals surface area contributed by atoms with Crippen LogP contribution in [0.3, 0.4) is 0 Å². The summed E-state index contributed by atoms with van der Waals surface area (Å²) >= 11 is 1.20. The molecule has 3 heterocycles. The summed E-state index contributed by atoms with van der Waals surface area (Å²) in [6.45, 7) is 3.67. The molecule has 0 saturated carbocycles. The zero-order valence-electron chi connectivity index (χ0n) is 19.9. The van der Waals surface area contributed by atoms with Crippen molar-refractivity contribution >= 4 is 29.1 Å². The Morgan fingerprint density at radius 3 is 2.57 bits per heavy atom. The van der Waals surface area contributed by atoms with E-state index in [0.717, 1.165) is 5.56 Å². The molecule has 1 atom stereocenters. The van der Waals surface area contributed by atoms with Gasteiger partial charge in [0.2, 0.25) is 0 Å². The summed E-state index contributed by atoms with van der Waals surface area (Å²) in [6, 6.07) is 18.1. The number of non-ortho nitro benzene ring substituents is 1. The minimum atomic E-state index is -0.675. The molecule has 0 bridgehead atoms. The van der Waals surface area contributed by atoms with E-state index in [4.69, 9.17) is 9.15 Å². The van der Waals surface area contributed by atoms with E-state index < -0.39 is 16.9 Å². The van der Waals surface area contributed by atoms with E-state index >= 15 is 0 Å². The molecule has 4 aromatic rings. The Morgan fingerprint density at radius 2 is 1.89 bits per heavy atom. The first kappa shape index (κ1) is 24.1. The van der Waals surface area contributed by atoms with E-state index in [1.165, 1.54) is 28.0 Å². The minimum Gasteiger partial charge on any atom is -0.463 e. The van der Waals surface area contributed by atoms with Crippen molar-refractivity contribution in [1.29, 1.82) is 0 Å². The molecule has 2 aromatic carbocycles. The number of carbonyl (C=O) groups is 1. The molecule has 5 rings (SSSR count). The van der Waals surface area contributed by atoms with Gasteiger partial charge in [0.05, 0.1) is 33.4 Å². The Morgan fingerprint density at radius 1 is 1.16 bits per heavy atom. The van der Waals surface area contributed by atoms with Gasteiger partial charge in [-0.3, -0.25) is 19.5 Å². The molecule has 0 N–H and O–H groups in total. The quantitative estimate of drug-likeness (QED) is 0.218. The molecule has 0 spiro atoms. The number of allylic oxidation sites excluding steroid dienone is 1. The van der Waals surface area contributed by atoms with Gasteiger partial charge in [0.15, 0.2) is 4.80 Å². The minimum absolute atomic E-state index is 0.0120. The Labute approximate surface area is 214 Å². The lowest BCUT2D eigenvalue weighted by atomic mass is 9.96. The lowest BCUT2D eigenvalue weighted by molar-refractivity contribution is -0.384. The number of hydrogen-bond donors (Lipinski definition) is 0. The third-order valence-electron chi connectivity index (χ3n) is 5.90. The van der Waals surface area contributed by atoms with Crippen molar-refractivity contribution in [2.75, 3.05) is 6.61 Å². The van der Waals surface area contributed by atoms with Crippen molar-refractivity contribution in [3.63, 3.8) is 0 Å². The molecule has 10 heteroatoms. The third kappa shape index (κ3) is 4.54. The average molecular weight is 516 g/mol. The van der Waals surface area contributed by atoms with E-state index in [0.29, 0.717) is 37.7 Å². The van der Waals surface area contributed by atoms with Crippen LogP contribution in [-0.4, -0.2) is 22.1 Å². The standard InChI is InChI=1S/C27H21N3O6S/c1-3-35-26(32)23-16(2)28-27-29(24(23)18-7-5-4-6-8-18)25(31)22(37-27)15-20-13-14-21(36-20)17-9-11-19(12-10-17)30(33)34/h4-15,24H,3H2,1-2H3/b22-15-/t24-/m0/s1. The van der Waals surface area contributed by atoms with Crippen LogP contribution >= 0.6 is 11.3 Å². The topological polar surface area (TPSA) is 117 Å².